The van der Waals surface area contributed by atoms with Crippen molar-refractivity contribution in [1.82, 2.24) is 10.6 Å². The van der Waals surface area contributed by atoms with Crippen molar-refractivity contribution >= 4 is 23.2 Å². The highest BCUT2D eigenvalue weighted by atomic mass is 32.1. The van der Waals surface area contributed by atoms with E-state index in [1.54, 1.807) is 12.1 Å². The van der Waals surface area contributed by atoms with Gasteiger partial charge in [-0.3, -0.25) is 4.79 Å². The van der Waals surface area contributed by atoms with Crippen LogP contribution in [0.1, 0.15) is 21.0 Å². The number of ether oxygens (including phenoxy) is 1. The number of thiophene rings is 1. The summed E-state index contributed by atoms with van der Waals surface area (Å²) in [5.41, 5.74) is -1.82. The average Bonchev–Trinajstić information content (AvgIpc) is 3.04. The SMILES string of the molecule is COC(=O)c1ccc(CNC(=O)C2(F)CCNC2)s1. The smallest absolute Gasteiger partial charge is 0.348 e. The third-order valence-electron chi connectivity index (χ3n) is 2.98. The molecule has 1 aliphatic rings. The van der Waals surface area contributed by atoms with Crippen molar-refractivity contribution in [3.8, 4) is 0 Å². The third-order valence-corrected chi connectivity index (χ3v) is 4.05. The van der Waals surface area contributed by atoms with Crippen LogP contribution in [-0.2, 0) is 16.1 Å². The molecule has 1 atom stereocenters. The fourth-order valence-corrected chi connectivity index (χ4v) is 2.73. The van der Waals surface area contributed by atoms with Gasteiger partial charge in [0.1, 0.15) is 4.88 Å². The van der Waals surface area contributed by atoms with E-state index >= 15 is 0 Å². The van der Waals surface area contributed by atoms with Crippen LogP contribution in [-0.4, -0.2) is 37.7 Å². The van der Waals surface area contributed by atoms with E-state index in [0.29, 0.717) is 11.4 Å². The van der Waals surface area contributed by atoms with Gasteiger partial charge < -0.3 is 15.4 Å². The maximum Gasteiger partial charge on any atom is 0.348 e. The molecular formula is C12H15FN2O3S. The Kier molecular flexibility index (Phi) is 4.16. The Morgan fingerprint density at radius 2 is 2.37 bits per heavy atom. The fourth-order valence-electron chi connectivity index (χ4n) is 1.86. The Hall–Kier alpha value is -1.47. The number of hydrogen-bond donors (Lipinski definition) is 2. The normalized spacial score (nSPS) is 22.2. The largest absolute Gasteiger partial charge is 0.465 e. The minimum atomic E-state index is -1.82. The number of hydrogen-bond acceptors (Lipinski definition) is 5. The number of alkyl halides is 1. The Morgan fingerprint density at radius 1 is 1.58 bits per heavy atom. The van der Waals surface area contributed by atoms with Crippen molar-refractivity contribution in [2.45, 2.75) is 18.6 Å². The number of amides is 1. The first-order valence-corrected chi connectivity index (χ1v) is 6.72. The monoisotopic (exact) mass is 286 g/mol. The molecule has 1 aromatic rings. The highest BCUT2D eigenvalue weighted by Gasteiger charge is 2.41. The number of nitrogens with one attached hydrogen (secondary N) is 2. The number of methoxy groups -OCH3 is 1. The van der Waals surface area contributed by atoms with Crippen molar-refractivity contribution in [3.63, 3.8) is 0 Å². The molecule has 0 aromatic carbocycles. The quantitative estimate of drug-likeness (QED) is 0.805. The summed E-state index contributed by atoms with van der Waals surface area (Å²) in [5.74, 6) is -1.02. The molecule has 1 aliphatic heterocycles. The molecule has 1 fully saturated rings. The van der Waals surface area contributed by atoms with Crippen molar-refractivity contribution in [2.24, 2.45) is 0 Å². The molecule has 7 heteroatoms. The van der Waals surface area contributed by atoms with E-state index in [2.05, 4.69) is 15.4 Å². The molecule has 0 aliphatic carbocycles. The highest BCUT2D eigenvalue weighted by molar-refractivity contribution is 7.13. The van der Waals surface area contributed by atoms with E-state index in [0.717, 1.165) is 4.88 Å². The predicted octanol–water partition coefficient (Wildman–Crippen LogP) is 0.852. The van der Waals surface area contributed by atoms with Crippen LogP contribution in [0.15, 0.2) is 12.1 Å². The van der Waals surface area contributed by atoms with Gasteiger partial charge in [0.2, 0.25) is 5.67 Å². The molecule has 0 radical (unpaired) electrons. The molecule has 2 heterocycles. The summed E-state index contributed by atoms with van der Waals surface area (Å²) in [6, 6.07) is 3.34. The molecular weight excluding hydrogens is 271 g/mol. The first kappa shape index (κ1) is 14.0. The van der Waals surface area contributed by atoms with Gasteiger partial charge in [-0.25, -0.2) is 9.18 Å². The Balaban J connectivity index is 1.90. The average molecular weight is 286 g/mol. The lowest BCUT2D eigenvalue weighted by Gasteiger charge is -2.16. The summed E-state index contributed by atoms with van der Waals surface area (Å²) < 4.78 is 18.6. The number of esters is 1. The zero-order valence-corrected chi connectivity index (χ0v) is 11.3. The van der Waals surface area contributed by atoms with Crippen molar-refractivity contribution < 1.29 is 18.7 Å². The standard InChI is InChI=1S/C12H15FN2O3S/c1-18-10(16)9-3-2-8(19-9)6-15-11(17)12(13)4-5-14-7-12/h2-3,14H,4-7H2,1H3,(H,15,17). The number of halogens is 1. The van der Waals surface area contributed by atoms with E-state index in [-0.39, 0.29) is 19.5 Å². The van der Waals surface area contributed by atoms with Gasteiger partial charge in [-0.1, -0.05) is 0 Å². The second kappa shape index (κ2) is 5.66. The molecule has 104 valence electrons. The molecule has 1 unspecified atom stereocenters. The van der Waals surface area contributed by atoms with Gasteiger partial charge in [-0.05, 0) is 18.7 Å². The van der Waals surface area contributed by atoms with Crippen LogP contribution < -0.4 is 10.6 Å². The summed E-state index contributed by atoms with van der Waals surface area (Å²) in [5, 5.41) is 5.38. The fraction of sp³-hybridized carbons (Fsp3) is 0.500. The molecule has 5 nitrogen and oxygen atoms in total. The summed E-state index contributed by atoms with van der Waals surface area (Å²) in [6.07, 6.45) is 0.191. The Bertz CT molecular complexity index is 483. The third kappa shape index (κ3) is 3.10. The zero-order valence-electron chi connectivity index (χ0n) is 10.5. The second-order valence-corrected chi connectivity index (χ2v) is 5.50. The van der Waals surface area contributed by atoms with Crippen LogP contribution in [0.4, 0.5) is 4.39 Å². The Labute approximate surface area is 114 Å². The van der Waals surface area contributed by atoms with Gasteiger partial charge in [0.15, 0.2) is 0 Å². The number of rotatable bonds is 4. The molecule has 1 aromatic heterocycles. The summed E-state index contributed by atoms with van der Waals surface area (Å²) in [6.45, 7) is 0.776. The van der Waals surface area contributed by atoms with Gasteiger partial charge in [-0.2, -0.15) is 0 Å². The van der Waals surface area contributed by atoms with E-state index in [9.17, 15) is 14.0 Å². The summed E-state index contributed by atoms with van der Waals surface area (Å²) in [4.78, 5) is 24.2. The first-order chi connectivity index (χ1) is 9.05. The maximum atomic E-state index is 14.1. The second-order valence-electron chi connectivity index (χ2n) is 4.33. The van der Waals surface area contributed by atoms with Crippen LogP contribution in [0, 0.1) is 0 Å². The highest BCUT2D eigenvalue weighted by Crippen LogP contribution is 2.21. The molecule has 2 rings (SSSR count). The molecule has 0 bridgehead atoms. The van der Waals surface area contributed by atoms with Crippen LogP contribution in [0.25, 0.3) is 0 Å². The number of carbonyl (C=O) groups excluding carboxylic acids is 2. The lowest BCUT2D eigenvalue weighted by molar-refractivity contribution is -0.131. The molecule has 2 N–H and O–H groups in total. The van der Waals surface area contributed by atoms with Crippen LogP contribution in [0.2, 0.25) is 0 Å². The van der Waals surface area contributed by atoms with E-state index in [1.165, 1.54) is 18.4 Å². The van der Waals surface area contributed by atoms with Crippen molar-refractivity contribution in [1.29, 1.82) is 0 Å². The summed E-state index contributed by atoms with van der Waals surface area (Å²) in [7, 11) is 1.31. The van der Waals surface area contributed by atoms with Crippen LogP contribution in [0.3, 0.4) is 0 Å². The molecule has 0 saturated carbocycles. The van der Waals surface area contributed by atoms with Crippen LogP contribution >= 0.6 is 11.3 Å². The number of carbonyl (C=O) groups is 2. The lowest BCUT2D eigenvalue weighted by atomic mass is 10.1. The molecule has 0 spiro atoms. The lowest BCUT2D eigenvalue weighted by Crippen LogP contribution is -2.44. The van der Waals surface area contributed by atoms with E-state index < -0.39 is 17.5 Å². The minimum absolute atomic E-state index is 0.0523. The summed E-state index contributed by atoms with van der Waals surface area (Å²) >= 11 is 1.22. The van der Waals surface area contributed by atoms with Gasteiger partial charge in [-0.15, -0.1) is 11.3 Å². The van der Waals surface area contributed by atoms with Gasteiger partial charge in [0.05, 0.1) is 13.7 Å². The topological polar surface area (TPSA) is 67.4 Å². The zero-order chi connectivity index (χ0) is 13.9. The Morgan fingerprint density at radius 3 is 3.00 bits per heavy atom. The first-order valence-electron chi connectivity index (χ1n) is 5.90. The van der Waals surface area contributed by atoms with Crippen LogP contribution in [0.5, 0.6) is 0 Å². The maximum absolute atomic E-state index is 14.1. The molecule has 1 saturated heterocycles. The van der Waals surface area contributed by atoms with Crippen molar-refractivity contribution in [3.05, 3.63) is 21.9 Å². The van der Waals surface area contributed by atoms with Crippen molar-refractivity contribution in [2.75, 3.05) is 20.2 Å². The van der Waals surface area contributed by atoms with Gasteiger partial charge in [0, 0.05) is 17.8 Å². The predicted molar refractivity (Wildman–Crippen MR) is 68.8 cm³/mol. The van der Waals surface area contributed by atoms with Gasteiger partial charge in [0.25, 0.3) is 5.91 Å². The molecule has 1 amide bonds. The minimum Gasteiger partial charge on any atom is -0.465 e. The molecule has 19 heavy (non-hydrogen) atoms. The van der Waals surface area contributed by atoms with E-state index in [4.69, 9.17) is 0 Å². The van der Waals surface area contributed by atoms with Gasteiger partial charge >= 0.3 is 5.97 Å². The van der Waals surface area contributed by atoms with E-state index in [1.807, 2.05) is 0 Å².